The number of methoxy groups -OCH3 is 1. The topological polar surface area (TPSA) is 73.8 Å². The van der Waals surface area contributed by atoms with Crippen molar-refractivity contribution in [1.29, 1.82) is 5.41 Å². The minimum absolute atomic E-state index is 0.431. The monoisotopic (exact) mass is 294 g/mol. The van der Waals surface area contributed by atoms with Gasteiger partial charge < -0.3 is 15.0 Å². The molecule has 0 aliphatic carbocycles. The normalized spacial score (nSPS) is 10.7. The SMILES string of the molecule is COc1cccnc1Nc1cc(C)c2c(=N)[nH]ccc2c1C. The lowest BCUT2D eigenvalue weighted by molar-refractivity contribution is 0.415. The van der Waals surface area contributed by atoms with E-state index in [2.05, 4.69) is 15.3 Å². The molecule has 0 saturated heterocycles. The Morgan fingerprint density at radius 2 is 2.09 bits per heavy atom. The molecule has 3 rings (SSSR count). The molecule has 0 aliphatic rings. The van der Waals surface area contributed by atoms with Crippen LogP contribution in [0.3, 0.4) is 0 Å². The molecule has 0 saturated carbocycles. The highest BCUT2D eigenvalue weighted by atomic mass is 16.5. The van der Waals surface area contributed by atoms with Gasteiger partial charge in [0.2, 0.25) is 0 Å². The van der Waals surface area contributed by atoms with Crippen molar-refractivity contribution in [2.75, 3.05) is 12.4 Å². The maximum absolute atomic E-state index is 8.05. The first-order valence-corrected chi connectivity index (χ1v) is 7.04. The van der Waals surface area contributed by atoms with Crippen molar-refractivity contribution in [1.82, 2.24) is 9.97 Å². The fraction of sp³-hybridized carbons (Fsp3) is 0.176. The predicted molar refractivity (Wildman–Crippen MR) is 87.7 cm³/mol. The smallest absolute Gasteiger partial charge is 0.173 e. The number of hydrogen-bond acceptors (Lipinski definition) is 4. The van der Waals surface area contributed by atoms with Crippen LogP contribution in [0.2, 0.25) is 0 Å². The van der Waals surface area contributed by atoms with Gasteiger partial charge in [-0.1, -0.05) is 0 Å². The third kappa shape index (κ3) is 2.30. The van der Waals surface area contributed by atoms with Crippen LogP contribution in [-0.4, -0.2) is 17.1 Å². The van der Waals surface area contributed by atoms with E-state index in [0.29, 0.717) is 17.1 Å². The van der Waals surface area contributed by atoms with Crippen molar-refractivity contribution in [2.45, 2.75) is 13.8 Å². The van der Waals surface area contributed by atoms with Crippen LogP contribution >= 0.6 is 0 Å². The number of nitrogens with one attached hydrogen (secondary N) is 3. The Kier molecular flexibility index (Phi) is 3.55. The summed E-state index contributed by atoms with van der Waals surface area (Å²) in [6.45, 7) is 4.05. The first-order chi connectivity index (χ1) is 10.6. The summed E-state index contributed by atoms with van der Waals surface area (Å²) in [7, 11) is 1.63. The molecular formula is C17H18N4O. The van der Waals surface area contributed by atoms with Crippen LogP contribution in [0.1, 0.15) is 11.1 Å². The van der Waals surface area contributed by atoms with Gasteiger partial charge in [-0.25, -0.2) is 4.98 Å². The second kappa shape index (κ2) is 5.52. The standard InChI is InChI=1S/C17H18N4O/c1-10-9-13(21-17-14(22-3)5-4-7-20-17)11(2)12-6-8-19-16(18)15(10)12/h4-9H,1-3H3,(H2,18,19)(H,20,21). The molecular weight excluding hydrogens is 276 g/mol. The molecule has 2 heterocycles. The van der Waals surface area contributed by atoms with E-state index in [0.717, 1.165) is 27.6 Å². The Balaban J connectivity index is 2.16. The van der Waals surface area contributed by atoms with Crippen molar-refractivity contribution in [3.05, 3.63) is 53.3 Å². The molecule has 0 fully saturated rings. The Bertz CT molecular complexity index is 899. The van der Waals surface area contributed by atoms with Crippen molar-refractivity contribution in [3.8, 4) is 5.75 Å². The Hall–Kier alpha value is -2.82. The third-order valence-electron chi connectivity index (χ3n) is 3.80. The summed E-state index contributed by atoms with van der Waals surface area (Å²) < 4.78 is 5.33. The number of aromatic amines is 1. The number of benzene rings is 1. The molecule has 0 bridgehead atoms. The maximum Gasteiger partial charge on any atom is 0.173 e. The molecule has 0 spiro atoms. The van der Waals surface area contributed by atoms with E-state index in [1.807, 2.05) is 38.1 Å². The molecule has 5 heteroatoms. The highest BCUT2D eigenvalue weighted by molar-refractivity contribution is 5.92. The number of pyridine rings is 2. The summed E-state index contributed by atoms with van der Waals surface area (Å²) in [6.07, 6.45) is 3.52. The van der Waals surface area contributed by atoms with Gasteiger partial charge in [0.15, 0.2) is 11.6 Å². The summed E-state index contributed by atoms with van der Waals surface area (Å²) >= 11 is 0. The zero-order chi connectivity index (χ0) is 15.7. The molecule has 5 nitrogen and oxygen atoms in total. The van der Waals surface area contributed by atoms with Crippen LogP contribution in [0.5, 0.6) is 5.75 Å². The van der Waals surface area contributed by atoms with E-state index in [1.54, 1.807) is 19.5 Å². The van der Waals surface area contributed by atoms with Crippen molar-refractivity contribution >= 4 is 22.3 Å². The molecule has 3 aromatic rings. The second-order valence-corrected chi connectivity index (χ2v) is 5.19. The molecule has 22 heavy (non-hydrogen) atoms. The quantitative estimate of drug-likeness (QED) is 0.693. The average molecular weight is 294 g/mol. The molecule has 3 N–H and O–H groups in total. The fourth-order valence-corrected chi connectivity index (χ4v) is 2.67. The number of aromatic nitrogens is 2. The van der Waals surface area contributed by atoms with Crippen molar-refractivity contribution in [3.63, 3.8) is 0 Å². The number of aryl methyl sites for hydroxylation is 2. The van der Waals surface area contributed by atoms with Crippen LogP contribution in [0.25, 0.3) is 10.8 Å². The zero-order valence-electron chi connectivity index (χ0n) is 12.8. The largest absolute Gasteiger partial charge is 0.493 e. The van der Waals surface area contributed by atoms with Gasteiger partial charge in [-0.3, -0.25) is 5.41 Å². The average Bonchev–Trinajstić information content (AvgIpc) is 2.52. The van der Waals surface area contributed by atoms with Gasteiger partial charge in [-0.2, -0.15) is 0 Å². The molecule has 112 valence electrons. The van der Waals surface area contributed by atoms with E-state index in [4.69, 9.17) is 10.1 Å². The first kappa shape index (κ1) is 14.1. The van der Waals surface area contributed by atoms with E-state index in [9.17, 15) is 0 Å². The van der Waals surface area contributed by atoms with Gasteiger partial charge in [-0.15, -0.1) is 0 Å². The summed E-state index contributed by atoms with van der Waals surface area (Å²) in [5, 5.41) is 13.4. The maximum atomic E-state index is 8.05. The number of hydrogen-bond donors (Lipinski definition) is 3. The summed E-state index contributed by atoms with van der Waals surface area (Å²) in [5.74, 6) is 1.38. The van der Waals surface area contributed by atoms with E-state index in [-0.39, 0.29) is 0 Å². The molecule has 0 unspecified atom stereocenters. The van der Waals surface area contributed by atoms with E-state index in [1.165, 1.54) is 0 Å². The summed E-state index contributed by atoms with van der Waals surface area (Å²) in [5.41, 5.74) is 3.52. The minimum Gasteiger partial charge on any atom is -0.493 e. The number of ether oxygens (including phenoxy) is 1. The number of nitrogens with zero attached hydrogens (tertiary/aromatic N) is 1. The van der Waals surface area contributed by atoms with Crippen LogP contribution < -0.4 is 15.5 Å². The number of rotatable bonds is 3. The van der Waals surface area contributed by atoms with E-state index >= 15 is 0 Å². The lowest BCUT2D eigenvalue weighted by atomic mass is 10.0. The van der Waals surface area contributed by atoms with Crippen LogP contribution in [0.15, 0.2) is 36.7 Å². The Labute approximate surface area is 128 Å². The molecule has 0 aliphatic heterocycles. The lowest BCUT2D eigenvalue weighted by Gasteiger charge is -2.15. The predicted octanol–water partition coefficient (Wildman–Crippen LogP) is 3.41. The molecule has 0 atom stereocenters. The number of fused-ring (bicyclic) bond motifs is 1. The van der Waals surface area contributed by atoms with Crippen molar-refractivity contribution < 1.29 is 4.74 Å². The van der Waals surface area contributed by atoms with Gasteiger partial charge in [0.1, 0.15) is 5.49 Å². The molecule has 2 aromatic heterocycles. The van der Waals surface area contributed by atoms with Crippen LogP contribution in [0, 0.1) is 19.3 Å². The molecule has 0 radical (unpaired) electrons. The van der Waals surface area contributed by atoms with Gasteiger partial charge >= 0.3 is 0 Å². The van der Waals surface area contributed by atoms with Crippen molar-refractivity contribution in [2.24, 2.45) is 0 Å². The number of H-pyrrole nitrogens is 1. The fourth-order valence-electron chi connectivity index (χ4n) is 2.67. The van der Waals surface area contributed by atoms with Crippen LogP contribution in [0.4, 0.5) is 11.5 Å². The highest BCUT2D eigenvalue weighted by Crippen LogP contribution is 2.31. The highest BCUT2D eigenvalue weighted by Gasteiger charge is 2.11. The van der Waals surface area contributed by atoms with Gasteiger partial charge in [-0.05, 0) is 54.6 Å². The Morgan fingerprint density at radius 3 is 2.86 bits per heavy atom. The van der Waals surface area contributed by atoms with E-state index < -0.39 is 0 Å². The first-order valence-electron chi connectivity index (χ1n) is 7.04. The second-order valence-electron chi connectivity index (χ2n) is 5.19. The van der Waals surface area contributed by atoms with Crippen LogP contribution in [-0.2, 0) is 0 Å². The molecule has 0 amide bonds. The summed E-state index contributed by atoms with van der Waals surface area (Å²) in [4.78, 5) is 7.28. The van der Waals surface area contributed by atoms with Gasteiger partial charge in [0.25, 0.3) is 0 Å². The number of anilines is 2. The zero-order valence-corrected chi connectivity index (χ0v) is 12.8. The van der Waals surface area contributed by atoms with Gasteiger partial charge in [0.05, 0.1) is 7.11 Å². The molecule has 1 aromatic carbocycles. The third-order valence-corrected chi connectivity index (χ3v) is 3.80. The Morgan fingerprint density at radius 1 is 1.27 bits per heavy atom. The lowest BCUT2D eigenvalue weighted by Crippen LogP contribution is -2.08. The minimum atomic E-state index is 0.431. The van der Waals surface area contributed by atoms with Gasteiger partial charge in [0, 0.05) is 23.5 Å². The summed E-state index contributed by atoms with van der Waals surface area (Å²) in [6, 6.07) is 7.74.